The molecule has 1 aromatic carbocycles. The number of hydrogen-bond acceptors (Lipinski definition) is 2. The summed E-state index contributed by atoms with van der Waals surface area (Å²) in [4.78, 5) is 11.5. The summed E-state index contributed by atoms with van der Waals surface area (Å²) in [5.74, 6) is -0.479. The van der Waals surface area contributed by atoms with Crippen molar-refractivity contribution in [1.29, 1.82) is 0 Å². The van der Waals surface area contributed by atoms with E-state index in [0.29, 0.717) is 6.54 Å². The Balaban J connectivity index is 2.59. The summed E-state index contributed by atoms with van der Waals surface area (Å²) in [6.07, 6.45) is -2.56. The van der Waals surface area contributed by atoms with Crippen LogP contribution in [0.15, 0.2) is 24.3 Å². The molecule has 1 rings (SSSR count). The number of amides is 1. The van der Waals surface area contributed by atoms with Crippen LogP contribution in [0.2, 0.25) is 0 Å². The number of anilines is 1. The summed E-state index contributed by atoms with van der Waals surface area (Å²) in [7, 11) is 0. The predicted octanol–water partition coefficient (Wildman–Crippen LogP) is 3.03. The topological polar surface area (TPSA) is 41.1 Å². The fourth-order valence-electron chi connectivity index (χ4n) is 1.54. The van der Waals surface area contributed by atoms with Crippen molar-refractivity contribution in [2.75, 3.05) is 18.4 Å². The van der Waals surface area contributed by atoms with Crippen LogP contribution in [-0.2, 0) is 11.0 Å². The number of unbranched alkanes of at least 4 members (excludes halogenated alkanes) is 1. The third-order valence-electron chi connectivity index (χ3n) is 2.50. The molecular weight excluding hydrogens is 257 g/mol. The van der Waals surface area contributed by atoms with Gasteiger partial charge >= 0.3 is 6.18 Å². The van der Waals surface area contributed by atoms with E-state index in [1.807, 2.05) is 6.92 Å². The Morgan fingerprint density at radius 2 is 1.95 bits per heavy atom. The average molecular weight is 274 g/mol. The Bertz CT molecular complexity index is 419. The van der Waals surface area contributed by atoms with Crippen LogP contribution in [0.5, 0.6) is 0 Å². The Kier molecular flexibility index (Phi) is 5.82. The number of carbonyl (C=O) groups is 1. The first kappa shape index (κ1) is 15.5. The molecule has 0 aromatic heterocycles. The fourth-order valence-corrected chi connectivity index (χ4v) is 1.54. The molecule has 0 saturated heterocycles. The first-order valence-corrected chi connectivity index (χ1v) is 6.12. The molecule has 19 heavy (non-hydrogen) atoms. The van der Waals surface area contributed by atoms with Gasteiger partial charge in [-0.2, -0.15) is 13.2 Å². The van der Waals surface area contributed by atoms with Gasteiger partial charge in [0.25, 0.3) is 0 Å². The minimum absolute atomic E-state index is 0.00614. The SMILES string of the molecule is CCCCNCC(=O)Nc1ccccc1C(F)(F)F. The van der Waals surface area contributed by atoms with Crippen molar-refractivity contribution in [3.05, 3.63) is 29.8 Å². The van der Waals surface area contributed by atoms with E-state index in [-0.39, 0.29) is 12.2 Å². The van der Waals surface area contributed by atoms with Gasteiger partial charge in [0.2, 0.25) is 5.91 Å². The van der Waals surface area contributed by atoms with Gasteiger partial charge in [0, 0.05) is 0 Å². The van der Waals surface area contributed by atoms with Crippen LogP contribution in [0.3, 0.4) is 0 Å². The van der Waals surface area contributed by atoms with Gasteiger partial charge in [-0.3, -0.25) is 4.79 Å². The second-order valence-corrected chi connectivity index (χ2v) is 4.12. The molecule has 106 valence electrons. The highest BCUT2D eigenvalue weighted by Gasteiger charge is 2.33. The Morgan fingerprint density at radius 1 is 1.26 bits per heavy atom. The number of hydrogen-bond donors (Lipinski definition) is 2. The molecule has 0 spiro atoms. The molecule has 2 N–H and O–H groups in total. The van der Waals surface area contributed by atoms with E-state index in [9.17, 15) is 18.0 Å². The molecule has 1 aromatic rings. The van der Waals surface area contributed by atoms with Gasteiger partial charge in [-0.15, -0.1) is 0 Å². The van der Waals surface area contributed by atoms with E-state index in [2.05, 4.69) is 10.6 Å². The van der Waals surface area contributed by atoms with E-state index in [1.165, 1.54) is 18.2 Å². The zero-order valence-electron chi connectivity index (χ0n) is 10.7. The third kappa shape index (κ3) is 5.30. The molecule has 0 aliphatic heterocycles. The first-order valence-electron chi connectivity index (χ1n) is 6.12. The first-order chi connectivity index (χ1) is 8.95. The lowest BCUT2D eigenvalue weighted by Gasteiger charge is -2.13. The second-order valence-electron chi connectivity index (χ2n) is 4.12. The van der Waals surface area contributed by atoms with E-state index in [1.54, 1.807) is 0 Å². The third-order valence-corrected chi connectivity index (χ3v) is 2.50. The number of para-hydroxylation sites is 1. The molecule has 0 heterocycles. The number of rotatable bonds is 6. The molecule has 0 aliphatic rings. The molecule has 0 radical (unpaired) electrons. The van der Waals surface area contributed by atoms with Gasteiger partial charge < -0.3 is 10.6 Å². The van der Waals surface area contributed by atoms with Crippen molar-refractivity contribution >= 4 is 11.6 Å². The van der Waals surface area contributed by atoms with Gasteiger partial charge in [-0.1, -0.05) is 25.5 Å². The number of benzene rings is 1. The summed E-state index contributed by atoms with van der Waals surface area (Å²) >= 11 is 0. The van der Waals surface area contributed by atoms with Crippen LogP contribution < -0.4 is 10.6 Å². The van der Waals surface area contributed by atoms with Crippen molar-refractivity contribution in [3.63, 3.8) is 0 Å². The van der Waals surface area contributed by atoms with Crippen LogP contribution in [0.4, 0.5) is 18.9 Å². The lowest BCUT2D eigenvalue weighted by atomic mass is 10.1. The molecule has 3 nitrogen and oxygen atoms in total. The Labute approximate surface area is 110 Å². The highest BCUT2D eigenvalue weighted by Crippen LogP contribution is 2.34. The minimum atomic E-state index is -4.47. The summed E-state index contributed by atoms with van der Waals surface area (Å²) in [6, 6.07) is 4.93. The summed E-state index contributed by atoms with van der Waals surface area (Å²) in [5.41, 5.74) is -1.05. The molecule has 0 fully saturated rings. The Morgan fingerprint density at radius 3 is 2.58 bits per heavy atom. The summed E-state index contributed by atoms with van der Waals surface area (Å²) < 4.78 is 38.1. The smallest absolute Gasteiger partial charge is 0.324 e. The van der Waals surface area contributed by atoms with Crippen molar-refractivity contribution in [1.82, 2.24) is 5.32 Å². The maximum absolute atomic E-state index is 12.7. The van der Waals surface area contributed by atoms with Crippen molar-refractivity contribution in [2.24, 2.45) is 0 Å². The molecule has 0 aliphatic carbocycles. The number of nitrogens with one attached hydrogen (secondary N) is 2. The van der Waals surface area contributed by atoms with E-state index in [0.717, 1.165) is 18.9 Å². The van der Waals surface area contributed by atoms with Gasteiger partial charge in [0.1, 0.15) is 0 Å². The zero-order chi connectivity index (χ0) is 14.3. The maximum Gasteiger partial charge on any atom is 0.418 e. The highest BCUT2D eigenvalue weighted by atomic mass is 19.4. The lowest BCUT2D eigenvalue weighted by molar-refractivity contribution is -0.137. The number of halogens is 3. The molecule has 0 atom stereocenters. The number of alkyl halides is 3. The average Bonchev–Trinajstić information content (AvgIpc) is 2.34. The van der Waals surface area contributed by atoms with E-state index in [4.69, 9.17) is 0 Å². The second kappa shape index (κ2) is 7.13. The van der Waals surface area contributed by atoms with Crippen molar-refractivity contribution in [2.45, 2.75) is 25.9 Å². The van der Waals surface area contributed by atoms with Gasteiger partial charge in [-0.05, 0) is 25.1 Å². The van der Waals surface area contributed by atoms with Crippen molar-refractivity contribution < 1.29 is 18.0 Å². The monoisotopic (exact) mass is 274 g/mol. The van der Waals surface area contributed by atoms with E-state index >= 15 is 0 Å². The minimum Gasteiger partial charge on any atom is -0.324 e. The zero-order valence-corrected chi connectivity index (χ0v) is 10.7. The molecule has 0 unspecified atom stereocenters. The van der Waals surface area contributed by atoms with Crippen LogP contribution in [-0.4, -0.2) is 19.0 Å². The summed E-state index contributed by atoms with van der Waals surface area (Å²) in [6.45, 7) is 2.69. The lowest BCUT2D eigenvalue weighted by Crippen LogP contribution is -2.29. The Hall–Kier alpha value is -1.56. The summed E-state index contributed by atoms with van der Waals surface area (Å²) in [5, 5.41) is 5.14. The normalized spacial score (nSPS) is 11.4. The van der Waals surface area contributed by atoms with Gasteiger partial charge in [-0.25, -0.2) is 0 Å². The fraction of sp³-hybridized carbons (Fsp3) is 0.462. The van der Waals surface area contributed by atoms with Gasteiger partial charge in [0.15, 0.2) is 0 Å². The van der Waals surface area contributed by atoms with Gasteiger partial charge in [0.05, 0.1) is 17.8 Å². The van der Waals surface area contributed by atoms with Crippen LogP contribution >= 0.6 is 0 Å². The molecule has 0 bridgehead atoms. The molecule has 1 amide bonds. The van der Waals surface area contributed by atoms with E-state index < -0.39 is 17.6 Å². The maximum atomic E-state index is 12.7. The van der Waals surface area contributed by atoms with Crippen LogP contribution in [0.1, 0.15) is 25.3 Å². The predicted molar refractivity (Wildman–Crippen MR) is 67.9 cm³/mol. The standard InChI is InChI=1S/C13H17F3N2O/c1-2-3-8-17-9-12(19)18-11-7-5-4-6-10(11)13(14,15)16/h4-7,17H,2-3,8-9H2,1H3,(H,18,19). The largest absolute Gasteiger partial charge is 0.418 e. The van der Waals surface area contributed by atoms with Crippen LogP contribution in [0.25, 0.3) is 0 Å². The quantitative estimate of drug-likeness (QED) is 0.783. The number of carbonyl (C=O) groups excluding carboxylic acids is 1. The van der Waals surface area contributed by atoms with Crippen molar-refractivity contribution in [3.8, 4) is 0 Å². The molecule has 6 heteroatoms. The molecular formula is C13H17F3N2O. The molecule has 0 saturated carbocycles. The highest BCUT2D eigenvalue weighted by molar-refractivity contribution is 5.93. The van der Waals surface area contributed by atoms with Crippen LogP contribution in [0, 0.1) is 0 Å².